The number of para-hydroxylation sites is 1. The molecular formula is C30H39N3O5. The van der Waals surface area contributed by atoms with E-state index >= 15 is 0 Å². The number of likely N-dealkylation sites (tertiary alicyclic amines) is 1. The van der Waals surface area contributed by atoms with Crippen molar-refractivity contribution in [2.24, 2.45) is 11.8 Å². The van der Waals surface area contributed by atoms with Crippen LogP contribution in [0.4, 0.5) is 5.69 Å². The lowest BCUT2D eigenvalue weighted by atomic mass is 9.73. The quantitative estimate of drug-likeness (QED) is 0.558. The minimum absolute atomic E-state index is 0.0895. The molecule has 5 rings (SSSR count). The summed E-state index contributed by atoms with van der Waals surface area (Å²) in [6, 6.07) is 5.00. The smallest absolute Gasteiger partial charge is 0.253 e. The van der Waals surface area contributed by atoms with Crippen LogP contribution in [0.5, 0.6) is 0 Å². The van der Waals surface area contributed by atoms with Crippen molar-refractivity contribution in [2.45, 2.75) is 64.2 Å². The summed E-state index contributed by atoms with van der Waals surface area (Å²) < 4.78 is 6.98. The van der Waals surface area contributed by atoms with Crippen LogP contribution in [0.1, 0.15) is 44.2 Å². The van der Waals surface area contributed by atoms with Gasteiger partial charge in [0.05, 0.1) is 17.4 Å². The van der Waals surface area contributed by atoms with Crippen molar-refractivity contribution in [2.75, 3.05) is 37.7 Å². The standard InChI is InChI=1S/C30H39N3O5/c1-5-15-31-16-8-13-29(6-2)22(26(31)35)23-27(36)33(18-10-19-34)25-28(37)32(17-9-14-30(23,25)38-29)24-20(3)11-7-12-21(24)4/h7-9,11-14,22-23,25,34H,5-6,10,15-19H2,1-4H3/t22-,23-,25?,29+,30-/m0/s1. The van der Waals surface area contributed by atoms with Crippen LogP contribution in [-0.2, 0) is 19.1 Å². The molecule has 38 heavy (non-hydrogen) atoms. The first-order valence-corrected chi connectivity index (χ1v) is 13.9. The Bertz CT molecular complexity index is 1170. The largest absolute Gasteiger partial charge is 0.396 e. The van der Waals surface area contributed by atoms with E-state index in [-0.39, 0.29) is 30.9 Å². The van der Waals surface area contributed by atoms with Gasteiger partial charge in [0.1, 0.15) is 11.6 Å². The third-order valence-corrected chi connectivity index (χ3v) is 8.78. The first-order valence-electron chi connectivity index (χ1n) is 13.9. The van der Waals surface area contributed by atoms with E-state index in [1.807, 2.05) is 75.1 Å². The number of benzene rings is 1. The van der Waals surface area contributed by atoms with Crippen LogP contribution in [0.2, 0.25) is 0 Å². The molecule has 1 spiro atoms. The zero-order chi connectivity index (χ0) is 27.2. The number of aliphatic hydroxyl groups excluding tert-OH is 1. The van der Waals surface area contributed by atoms with Crippen molar-refractivity contribution in [3.8, 4) is 0 Å². The minimum Gasteiger partial charge on any atom is -0.396 e. The molecule has 5 atom stereocenters. The van der Waals surface area contributed by atoms with Gasteiger partial charge in [-0.1, -0.05) is 56.4 Å². The lowest BCUT2D eigenvalue weighted by Crippen LogP contribution is -2.56. The normalized spacial score (nSPS) is 32.4. The lowest BCUT2D eigenvalue weighted by Gasteiger charge is -2.38. The molecule has 0 bridgehead atoms. The summed E-state index contributed by atoms with van der Waals surface area (Å²) in [6.45, 7) is 9.51. The number of aliphatic hydroxyl groups is 1. The van der Waals surface area contributed by atoms with Crippen LogP contribution in [0, 0.1) is 25.7 Å². The van der Waals surface area contributed by atoms with Crippen LogP contribution in [0.3, 0.4) is 0 Å². The van der Waals surface area contributed by atoms with E-state index in [2.05, 4.69) is 0 Å². The summed E-state index contributed by atoms with van der Waals surface area (Å²) in [6.07, 6.45) is 9.41. The molecule has 8 nitrogen and oxygen atoms in total. The average Bonchev–Trinajstić information content (AvgIpc) is 3.18. The molecule has 4 heterocycles. The summed E-state index contributed by atoms with van der Waals surface area (Å²) in [5.74, 6) is -2.10. The number of carbonyl (C=O) groups is 3. The van der Waals surface area contributed by atoms with Gasteiger partial charge in [0.2, 0.25) is 11.8 Å². The molecule has 2 fully saturated rings. The van der Waals surface area contributed by atoms with E-state index in [0.717, 1.165) is 23.2 Å². The molecule has 204 valence electrons. The van der Waals surface area contributed by atoms with Crippen molar-refractivity contribution in [1.29, 1.82) is 0 Å². The van der Waals surface area contributed by atoms with E-state index in [1.165, 1.54) is 0 Å². The number of hydrogen-bond donors (Lipinski definition) is 1. The van der Waals surface area contributed by atoms with Crippen LogP contribution in [0.15, 0.2) is 42.5 Å². The number of rotatable bonds is 7. The number of aryl methyl sites for hydroxylation is 2. The highest BCUT2D eigenvalue weighted by atomic mass is 16.5. The van der Waals surface area contributed by atoms with Crippen LogP contribution in [-0.4, -0.2) is 82.7 Å². The molecule has 4 aliphatic rings. The summed E-state index contributed by atoms with van der Waals surface area (Å²) in [4.78, 5) is 48.0. The molecule has 0 saturated carbocycles. The highest BCUT2D eigenvalue weighted by Crippen LogP contribution is 2.58. The zero-order valence-corrected chi connectivity index (χ0v) is 22.9. The number of amides is 3. The van der Waals surface area contributed by atoms with Gasteiger partial charge in [-0.3, -0.25) is 14.4 Å². The Balaban J connectivity index is 1.67. The lowest BCUT2D eigenvalue weighted by molar-refractivity contribution is -0.150. The molecule has 3 amide bonds. The number of nitrogens with zero attached hydrogens (tertiary/aromatic N) is 3. The van der Waals surface area contributed by atoms with Gasteiger partial charge in [-0.15, -0.1) is 0 Å². The number of anilines is 1. The van der Waals surface area contributed by atoms with Crippen molar-refractivity contribution >= 4 is 23.4 Å². The van der Waals surface area contributed by atoms with E-state index in [4.69, 9.17) is 4.74 Å². The molecular weight excluding hydrogens is 482 g/mol. The molecule has 4 aliphatic heterocycles. The topological polar surface area (TPSA) is 90.4 Å². The van der Waals surface area contributed by atoms with Crippen LogP contribution in [0.25, 0.3) is 0 Å². The fraction of sp³-hybridized carbons (Fsp3) is 0.567. The molecule has 1 aromatic rings. The first kappa shape index (κ1) is 26.6. The predicted molar refractivity (Wildman–Crippen MR) is 144 cm³/mol. The van der Waals surface area contributed by atoms with Crippen molar-refractivity contribution < 1.29 is 24.2 Å². The maximum Gasteiger partial charge on any atom is 0.253 e. The van der Waals surface area contributed by atoms with E-state index in [0.29, 0.717) is 32.5 Å². The Kier molecular flexibility index (Phi) is 6.99. The second-order valence-electron chi connectivity index (χ2n) is 11.0. The maximum atomic E-state index is 14.5. The Labute approximate surface area is 224 Å². The molecule has 0 aromatic heterocycles. The van der Waals surface area contributed by atoms with Gasteiger partial charge in [-0.25, -0.2) is 0 Å². The van der Waals surface area contributed by atoms with Crippen LogP contribution < -0.4 is 4.90 Å². The zero-order valence-electron chi connectivity index (χ0n) is 22.9. The first-order chi connectivity index (χ1) is 18.3. The van der Waals surface area contributed by atoms with Crippen LogP contribution >= 0.6 is 0 Å². The molecule has 1 aromatic carbocycles. The number of carbonyl (C=O) groups excluding carboxylic acids is 3. The van der Waals surface area contributed by atoms with Gasteiger partial charge >= 0.3 is 0 Å². The number of hydrogen-bond acceptors (Lipinski definition) is 5. The van der Waals surface area contributed by atoms with Gasteiger partial charge < -0.3 is 24.5 Å². The van der Waals surface area contributed by atoms with Crippen molar-refractivity contribution in [3.05, 3.63) is 53.6 Å². The summed E-state index contributed by atoms with van der Waals surface area (Å²) in [7, 11) is 0. The second-order valence-corrected chi connectivity index (χ2v) is 11.0. The third-order valence-electron chi connectivity index (χ3n) is 8.78. The Morgan fingerprint density at radius 1 is 0.947 bits per heavy atom. The molecule has 0 aliphatic carbocycles. The third kappa shape index (κ3) is 3.75. The van der Waals surface area contributed by atoms with Crippen molar-refractivity contribution in [1.82, 2.24) is 9.80 Å². The fourth-order valence-corrected chi connectivity index (χ4v) is 7.19. The summed E-state index contributed by atoms with van der Waals surface area (Å²) in [5.41, 5.74) is 0.534. The molecule has 0 radical (unpaired) electrons. The predicted octanol–water partition coefficient (Wildman–Crippen LogP) is 2.76. The highest BCUT2D eigenvalue weighted by Gasteiger charge is 2.75. The van der Waals surface area contributed by atoms with Crippen molar-refractivity contribution in [3.63, 3.8) is 0 Å². The summed E-state index contributed by atoms with van der Waals surface area (Å²) >= 11 is 0. The van der Waals surface area contributed by atoms with E-state index in [1.54, 1.807) is 9.80 Å². The Morgan fingerprint density at radius 2 is 1.66 bits per heavy atom. The van der Waals surface area contributed by atoms with Gasteiger partial charge in [0.15, 0.2) is 0 Å². The summed E-state index contributed by atoms with van der Waals surface area (Å²) in [5, 5.41) is 9.63. The maximum absolute atomic E-state index is 14.5. The highest BCUT2D eigenvalue weighted by molar-refractivity contribution is 6.06. The van der Waals surface area contributed by atoms with E-state index < -0.39 is 29.1 Å². The fourth-order valence-electron chi connectivity index (χ4n) is 7.19. The Morgan fingerprint density at radius 3 is 2.32 bits per heavy atom. The van der Waals surface area contributed by atoms with E-state index in [9.17, 15) is 19.5 Å². The molecule has 2 saturated heterocycles. The minimum atomic E-state index is -1.27. The SMILES string of the molecule is CCCN1CC=C[C@@]2(CC)O[C@]34C=CCN(c5c(C)cccc5C)C(=O)C3N(CCCO)C(=O)[C@@H]4[C@H]2C1=O. The monoisotopic (exact) mass is 521 g/mol. The van der Waals surface area contributed by atoms with Gasteiger partial charge in [0.25, 0.3) is 5.91 Å². The average molecular weight is 522 g/mol. The number of ether oxygens (including phenoxy) is 1. The molecule has 1 N–H and O–H groups in total. The Hall–Kier alpha value is -2.97. The number of fused-ring (bicyclic) bond motifs is 2. The molecule has 8 heteroatoms. The molecule has 1 unspecified atom stereocenters. The van der Waals surface area contributed by atoms with Gasteiger partial charge in [0, 0.05) is 38.5 Å². The van der Waals surface area contributed by atoms with Gasteiger partial charge in [-0.2, -0.15) is 0 Å². The van der Waals surface area contributed by atoms with Gasteiger partial charge in [-0.05, 0) is 44.2 Å². The second kappa shape index (κ2) is 9.97.